The first-order chi connectivity index (χ1) is 5.33. The van der Waals surface area contributed by atoms with Crippen molar-refractivity contribution in [3.63, 3.8) is 0 Å². The standard InChI is InChI=1S/C8H8INO/c9-10-8(11)6-7-4-2-1-3-5-7/h1-5H,6H2,(H,10,11). The quantitative estimate of drug-likeness (QED) is 0.637. The van der Waals surface area contributed by atoms with Crippen molar-refractivity contribution >= 4 is 28.8 Å². The van der Waals surface area contributed by atoms with Crippen LogP contribution >= 0.6 is 22.9 Å². The molecular formula is C8H8INO. The minimum absolute atomic E-state index is 0.0387. The highest BCUT2D eigenvalue weighted by molar-refractivity contribution is 14.1. The molecule has 0 bridgehead atoms. The van der Waals surface area contributed by atoms with Crippen molar-refractivity contribution in [3.8, 4) is 0 Å². The average molecular weight is 261 g/mol. The summed E-state index contributed by atoms with van der Waals surface area (Å²) >= 11 is 1.84. The van der Waals surface area contributed by atoms with Crippen LogP contribution in [0.2, 0.25) is 0 Å². The maximum atomic E-state index is 10.9. The van der Waals surface area contributed by atoms with E-state index >= 15 is 0 Å². The number of halogens is 1. The number of carbonyl (C=O) groups is 1. The molecule has 3 heteroatoms. The van der Waals surface area contributed by atoms with E-state index in [0.29, 0.717) is 6.42 Å². The lowest BCUT2D eigenvalue weighted by Gasteiger charge is -1.96. The molecule has 0 heterocycles. The summed E-state index contributed by atoms with van der Waals surface area (Å²) in [5.41, 5.74) is 1.04. The van der Waals surface area contributed by atoms with Crippen molar-refractivity contribution in [2.75, 3.05) is 0 Å². The first-order valence-corrected chi connectivity index (χ1v) is 4.34. The maximum absolute atomic E-state index is 10.9. The van der Waals surface area contributed by atoms with Crippen LogP contribution in [0.3, 0.4) is 0 Å². The Balaban J connectivity index is 2.58. The topological polar surface area (TPSA) is 29.1 Å². The van der Waals surface area contributed by atoms with Crippen LogP contribution in [0.15, 0.2) is 30.3 Å². The molecule has 0 aliphatic carbocycles. The zero-order chi connectivity index (χ0) is 8.10. The Bertz CT molecular complexity index is 235. The summed E-state index contributed by atoms with van der Waals surface area (Å²) in [6.07, 6.45) is 0.462. The second kappa shape index (κ2) is 4.33. The summed E-state index contributed by atoms with van der Waals surface area (Å²) in [6.45, 7) is 0. The molecule has 1 aromatic carbocycles. The molecule has 0 saturated carbocycles. The lowest BCUT2D eigenvalue weighted by atomic mass is 10.1. The molecule has 0 saturated heterocycles. The van der Waals surface area contributed by atoms with Gasteiger partial charge in [-0.25, -0.2) is 0 Å². The van der Waals surface area contributed by atoms with Crippen LogP contribution in [0.5, 0.6) is 0 Å². The van der Waals surface area contributed by atoms with Gasteiger partial charge in [0.15, 0.2) is 0 Å². The van der Waals surface area contributed by atoms with Gasteiger partial charge in [-0.3, -0.25) is 8.32 Å². The Labute approximate surface area is 79.5 Å². The molecule has 0 unspecified atom stereocenters. The Morgan fingerprint density at radius 1 is 1.36 bits per heavy atom. The molecule has 0 radical (unpaired) electrons. The van der Waals surface area contributed by atoms with Gasteiger partial charge in [0, 0.05) is 0 Å². The zero-order valence-electron chi connectivity index (χ0n) is 5.88. The highest BCUT2D eigenvalue weighted by atomic mass is 127. The van der Waals surface area contributed by atoms with Crippen LogP contribution in [-0.4, -0.2) is 5.91 Å². The van der Waals surface area contributed by atoms with Gasteiger partial charge in [-0.2, -0.15) is 0 Å². The van der Waals surface area contributed by atoms with Crippen molar-refractivity contribution < 1.29 is 4.79 Å². The van der Waals surface area contributed by atoms with E-state index in [2.05, 4.69) is 3.53 Å². The van der Waals surface area contributed by atoms with E-state index in [9.17, 15) is 4.79 Å². The molecule has 58 valence electrons. The molecular weight excluding hydrogens is 253 g/mol. The first kappa shape index (κ1) is 8.52. The van der Waals surface area contributed by atoms with E-state index < -0.39 is 0 Å². The normalized spacial score (nSPS) is 9.18. The van der Waals surface area contributed by atoms with Crippen molar-refractivity contribution in [3.05, 3.63) is 35.9 Å². The van der Waals surface area contributed by atoms with Gasteiger partial charge in [0.05, 0.1) is 29.3 Å². The van der Waals surface area contributed by atoms with Gasteiger partial charge in [-0.05, 0) is 5.56 Å². The summed E-state index contributed by atoms with van der Waals surface area (Å²) in [4.78, 5) is 10.9. The van der Waals surface area contributed by atoms with Gasteiger partial charge < -0.3 is 0 Å². The third kappa shape index (κ3) is 2.88. The second-order valence-corrected chi connectivity index (χ2v) is 2.72. The largest absolute Gasteiger partial charge is 0.299 e. The molecule has 0 aliphatic heterocycles. The maximum Gasteiger partial charge on any atom is 0.233 e. The molecule has 1 amide bonds. The van der Waals surface area contributed by atoms with Gasteiger partial charge in [-0.15, -0.1) is 0 Å². The van der Waals surface area contributed by atoms with E-state index in [1.54, 1.807) is 0 Å². The highest BCUT2D eigenvalue weighted by Gasteiger charge is 1.98. The predicted molar refractivity (Wildman–Crippen MR) is 52.3 cm³/mol. The number of hydrogen-bond acceptors (Lipinski definition) is 1. The minimum Gasteiger partial charge on any atom is -0.299 e. The Kier molecular flexibility index (Phi) is 3.35. The van der Waals surface area contributed by atoms with Crippen LogP contribution < -0.4 is 3.53 Å². The van der Waals surface area contributed by atoms with Crippen LogP contribution in [-0.2, 0) is 11.2 Å². The third-order valence-electron chi connectivity index (χ3n) is 1.31. The lowest BCUT2D eigenvalue weighted by molar-refractivity contribution is -0.118. The molecule has 0 aliphatic rings. The SMILES string of the molecule is O=C(Cc1ccccc1)NI. The molecule has 0 spiro atoms. The molecule has 0 fully saturated rings. The van der Waals surface area contributed by atoms with E-state index in [-0.39, 0.29) is 5.91 Å². The summed E-state index contributed by atoms with van der Waals surface area (Å²) in [5, 5.41) is 0. The van der Waals surface area contributed by atoms with E-state index in [1.165, 1.54) is 0 Å². The molecule has 1 aromatic rings. The van der Waals surface area contributed by atoms with Crippen molar-refractivity contribution in [1.82, 2.24) is 3.53 Å². The number of benzene rings is 1. The van der Waals surface area contributed by atoms with Gasteiger partial charge >= 0.3 is 0 Å². The molecule has 1 N–H and O–H groups in total. The monoisotopic (exact) mass is 261 g/mol. The van der Waals surface area contributed by atoms with E-state index in [0.717, 1.165) is 5.56 Å². The number of rotatable bonds is 2. The number of amides is 1. The van der Waals surface area contributed by atoms with Gasteiger partial charge in [0.25, 0.3) is 0 Å². The zero-order valence-corrected chi connectivity index (χ0v) is 8.04. The Morgan fingerprint density at radius 2 is 2.00 bits per heavy atom. The van der Waals surface area contributed by atoms with Crippen LogP contribution in [0.1, 0.15) is 5.56 Å². The fourth-order valence-electron chi connectivity index (χ4n) is 0.815. The summed E-state index contributed by atoms with van der Waals surface area (Å²) in [5.74, 6) is 0.0387. The van der Waals surface area contributed by atoms with Gasteiger partial charge in [0.2, 0.25) is 5.91 Å². The number of carbonyl (C=O) groups excluding carboxylic acids is 1. The van der Waals surface area contributed by atoms with Gasteiger partial charge in [0.1, 0.15) is 0 Å². The van der Waals surface area contributed by atoms with Crippen molar-refractivity contribution in [2.24, 2.45) is 0 Å². The summed E-state index contributed by atoms with van der Waals surface area (Å²) in [6, 6.07) is 9.66. The smallest absolute Gasteiger partial charge is 0.233 e. The fraction of sp³-hybridized carbons (Fsp3) is 0.125. The molecule has 1 rings (SSSR count). The van der Waals surface area contributed by atoms with Crippen LogP contribution in [0.4, 0.5) is 0 Å². The minimum atomic E-state index is 0.0387. The Hall–Kier alpha value is -0.580. The summed E-state index contributed by atoms with van der Waals surface area (Å²) in [7, 11) is 0. The average Bonchev–Trinajstić information content (AvgIpc) is 2.06. The van der Waals surface area contributed by atoms with Gasteiger partial charge in [-0.1, -0.05) is 30.3 Å². The van der Waals surface area contributed by atoms with Crippen molar-refractivity contribution in [1.29, 1.82) is 0 Å². The fourth-order valence-corrected chi connectivity index (χ4v) is 1.01. The van der Waals surface area contributed by atoms with Crippen molar-refractivity contribution in [2.45, 2.75) is 6.42 Å². The van der Waals surface area contributed by atoms with E-state index in [1.807, 2.05) is 53.2 Å². The predicted octanol–water partition coefficient (Wildman–Crippen LogP) is 1.70. The molecule has 11 heavy (non-hydrogen) atoms. The Morgan fingerprint density at radius 3 is 2.55 bits per heavy atom. The lowest BCUT2D eigenvalue weighted by Crippen LogP contribution is -2.13. The number of hydrogen-bond donors (Lipinski definition) is 1. The molecule has 0 aromatic heterocycles. The molecule has 2 nitrogen and oxygen atoms in total. The third-order valence-corrected chi connectivity index (χ3v) is 1.91. The molecule has 0 atom stereocenters. The van der Waals surface area contributed by atoms with E-state index in [4.69, 9.17) is 0 Å². The van der Waals surface area contributed by atoms with Crippen LogP contribution in [0.25, 0.3) is 0 Å². The van der Waals surface area contributed by atoms with Crippen LogP contribution in [0, 0.1) is 0 Å². The second-order valence-electron chi connectivity index (χ2n) is 2.18. The highest BCUT2D eigenvalue weighted by Crippen LogP contribution is 1.99. The summed E-state index contributed by atoms with van der Waals surface area (Å²) < 4.78 is 2.54. The first-order valence-electron chi connectivity index (χ1n) is 3.26. The number of nitrogens with one attached hydrogen (secondary N) is 1.